The fourth-order valence-electron chi connectivity index (χ4n) is 0.802. The van der Waals surface area contributed by atoms with Crippen LogP contribution in [-0.2, 0) is 9.84 Å². The van der Waals surface area contributed by atoms with E-state index < -0.39 is 15.3 Å². The van der Waals surface area contributed by atoms with Crippen molar-refractivity contribution < 1.29 is 13.5 Å². The molecule has 5 heteroatoms. The molecule has 0 saturated carbocycles. The van der Waals surface area contributed by atoms with Gasteiger partial charge in [0.05, 0.1) is 12.4 Å². The molecule has 0 aromatic heterocycles. The lowest BCUT2D eigenvalue weighted by molar-refractivity contribution is 0.169. The van der Waals surface area contributed by atoms with Gasteiger partial charge in [-0.1, -0.05) is 6.92 Å². The Morgan fingerprint density at radius 3 is 2.09 bits per heavy atom. The van der Waals surface area contributed by atoms with E-state index in [4.69, 9.17) is 10.8 Å². The van der Waals surface area contributed by atoms with Crippen molar-refractivity contribution in [1.82, 2.24) is 0 Å². The summed E-state index contributed by atoms with van der Waals surface area (Å²) in [6.07, 6.45) is 1.14. The Morgan fingerprint density at radius 1 is 1.55 bits per heavy atom. The Labute approximate surface area is 67.3 Å². The molecule has 11 heavy (non-hydrogen) atoms. The SMILES string of the molecule is CC(CN)(CO)CS(C)(=O)=O. The van der Waals surface area contributed by atoms with Crippen molar-refractivity contribution in [3.8, 4) is 0 Å². The van der Waals surface area contributed by atoms with E-state index in [-0.39, 0.29) is 18.9 Å². The van der Waals surface area contributed by atoms with Gasteiger partial charge in [-0.15, -0.1) is 0 Å². The van der Waals surface area contributed by atoms with Crippen LogP contribution in [0.5, 0.6) is 0 Å². The van der Waals surface area contributed by atoms with Crippen molar-refractivity contribution in [3.63, 3.8) is 0 Å². The molecule has 0 aliphatic heterocycles. The quantitative estimate of drug-likeness (QED) is 0.582. The molecule has 4 nitrogen and oxygen atoms in total. The van der Waals surface area contributed by atoms with Crippen molar-refractivity contribution in [3.05, 3.63) is 0 Å². The lowest BCUT2D eigenvalue weighted by atomic mass is 9.95. The second-order valence-electron chi connectivity index (χ2n) is 3.24. The van der Waals surface area contributed by atoms with Gasteiger partial charge in [-0.3, -0.25) is 0 Å². The topological polar surface area (TPSA) is 80.4 Å². The molecule has 3 N–H and O–H groups in total. The molecule has 0 spiro atoms. The highest BCUT2D eigenvalue weighted by Gasteiger charge is 2.26. The Kier molecular flexibility index (Phi) is 3.47. The molecule has 0 heterocycles. The van der Waals surface area contributed by atoms with E-state index in [1.165, 1.54) is 0 Å². The van der Waals surface area contributed by atoms with Gasteiger partial charge in [-0.2, -0.15) is 0 Å². The predicted molar refractivity (Wildman–Crippen MR) is 44.0 cm³/mol. The Hall–Kier alpha value is -0.130. The van der Waals surface area contributed by atoms with Crippen molar-refractivity contribution in [2.75, 3.05) is 25.2 Å². The van der Waals surface area contributed by atoms with Crippen LogP contribution in [0.4, 0.5) is 0 Å². The average molecular weight is 181 g/mol. The zero-order valence-electron chi connectivity index (χ0n) is 6.87. The molecule has 0 aliphatic carbocycles. The molecule has 1 atom stereocenters. The summed E-state index contributed by atoms with van der Waals surface area (Å²) in [5.74, 6) is -0.0625. The van der Waals surface area contributed by atoms with Gasteiger partial charge in [0, 0.05) is 18.2 Å². The van der Waals surface area contributed by atoms with Crippen LogP contribution in [0.25, 0.3) is 0 Å². The molecule has 1 unspecified atom stereocenters. The van der Waals surface area contributed by atoms with Crippen LogP contribution in [0.3, 0.4) is 0 Å². The van der Waals surface area contributed by atoms with Crippen LogP contribution in [0.15, 0.2) is 0 Å². The van der Waals surface area contributed by atoms with Crippen LogP contribution in [0.2, 0.25) is 0 Å². The molecule has 68 valence electrons. The maximum Gasteiger partial charge on any atom is 0.148 e. The van der Waals surface area contributed by atoms with Crippen molar-refractivity contribution >= 4 is 9.84 Å². The number of aliphatic hydroxyl groups excluding tert-OH is 1. The Morgan fingerprint density at radius 2 is 2.00 bits per heavy atom. The maximum atomic E-state index is 10.8. The number of nitrogens with two attached hydrogens (primary N) is 1. The first-order chi connectivity index (χ1) is 4.83. The van der Waals surface area contributed by atoms with E-state index in [1.54, 1.807) is 6.92 Å². The highest BCUT2D eigenvalue weighted by Crippen LogP contribution is 2.15. The summed E-state index contributed by atoms with van der Waals surface area (Å²) in [5, 5.41) is 8.80. The molecule has 0 amide bonds. The van der Waals surface area contributed by atoms with Gasteiger partial charge in [0.25, 0.3) is 0 Å². The minimum atomic E-state index is -3.05. The smallest absolute Gasteiger partial charge is 0.148 e. The van der Waals surface area contributed by atoms with Crippen LogP contribution in [0, 0.1) is 5.41 Å². The number of rotatable bonds is 4. The number of hydrogen-bond acceptors (Lipinski definition) is 4. The molecular weight excluding hydrogens is 166 g/mol. The first-order valence-electron chi connectivity index (χ1n) is 3.32. The molecule has 0 fully saturated rings. The van der Waals surface area contributed by atoms with E-state index >= 15 is 0 Å². The van der Waals surface area contributed by atoms with E-state index in [0.29, 0.717) is 0 Å². The molecule has 0 rings (SSSR count). The van der Waals surface area contributed by atoms with Crippen LogP contribution in [-0.4, -0.2) is 38.7 Å². The third-order valence-corrected chi connectivity index (χ3v) is 2.71. The van der Waals surface area contributed by atoms with Gasteiger partial charge < -0.3 is 10.8 Å². The van der Waals surface area contributed by atoms with E-state index in [9.17, 15) is 8.42 Å². The van der Waals surface area contributed by atoms with E-state index in [1.807, 2.05) is 0 Å². The first-order valence-corrected chi connectivity index (χ1v) is 5.38. The fraction of sp³-hybridized carbons (Fsp3) is 1.00. The monoisotopic (exact) mass is 181 g/mol. The van der Waals surface area contributed by atoms with Crippen LogP contribution in [0.1, 0.15) is 6.92 Å². The second-order valence-corrected chi connectivity index (χ2v) is 5.38. The average Bonchev–Trinajstić information content (AvgIpc) is 1.84. The van der Waals surface area contributed by atoms with Crippen LogP contribution < -0.4 is 5.73 Å². The summed E-state index contributed by atoms with van der Waals surface area (Å²) in [5.41, 5.74) is 4.61. The lowest BCUT2D eigenvalue weighted by Crippen LogP contribution is -2.37. The van der Waals surface area contributed by atoms with E-state index in [0.717, 1.165) is 6.26 Å². The minimum Gasteiger partial charge on any atom is -0.396 e. The summed E-state index contributed by atoms with van der Waals surface area (Å²) < 4.78 is 21.6. The molecule has 0 bridgehead atoms. The molecule has 0 radical (unpaired) electrons. The second kappa shape index (κ2) is 3.51. The zero-order valence-corrected chi connectivity index (χ0v) is 7.69. The third-order valence-electron chi connectivity index (χ3n) is 1.49. The maximum absolute atomic E-state index is 10.8. The van der Waals surface area contributed by atoms with Crippen LogP contribution >= 0.6 is 0 Å². The molecular formula is C6H15NO3S. The van der Waals surface area contributed by atoms with Gasteiger partial charge in [0.15, 0.2) is 0 Å². The summed E-state index contributed by atoms with van der Waals surface area (Å²) in [6, 6.07) is 0. The molecule has 0 aromatic carbocycles. The van der Waals surface area contributed by atoms with Gasteiger partial charge in [0.1, 0.15) is 9.84 Å². The minimum absolute atomic E-state index is 0.0625. The number of hydrogen-bond donors (Lipinski definition) is 2. The van der Waals surface area contributed by atoms with Gasteiger partial charge in [-0.05, 0) is 0 Å². The lowest BCUT2D eigenvalue weighted by Gasteiger charge is -2.23. The highest BCUT2D eigenvalue weighted by molar-refractivity contribution is 7.90. The van der Waals surface area contributed by atoms with E-state index in [2.05, 4.69) is 0 Å². The zero-order chi connectivity index (χ0) is 9.12. The largest absolute Gasteiger partial charge is 0.396 e. The summed E-state index contributed by atoms with van der Waals surface area (Å²) >= 11 is 0. The van der Waals surface area contributed by atoms with Gasteiger partial charge >= 0.3 is 0 Å². The van der Waals surface area contributed by atoms with Crippen molar-refractivity contribution in [1.29, 1.82) is 0 Å². The normalized spacial score (nSPS) is 17.8. The van der Waals surface area contributed by atoms with Gasteiger partial charge in [0.2, 0.25) is 0 Å². The summed E-state index contributed by atoms with van der Waals surface area (Å²) in [7, 11) is -3.05. The molecule has 0 aliphatic rings. The Balaban J connectivity index is 4.32. The highest BCUT2D eigenvalue weighted by atomic mass is 32.2. The summed E-state index contributed by atoms with van der Waals surface area (Å²) in [6.45, 7) is 1.63. The Bertz CT molecular complexity index is 206. The van der Waals surface area contributed by atoms with Crippen molar-refractivity contribution in [2.45, 2.75) is 6.92 Å². The van der Waals surface area contributed by atoms with Gasteiger partial charge in [-0.25, -0.2) is 8.42 Å². The predicted octanol–water partition coefficient (Wildman–Crippen LogP) is -1.01. The number of sulfone groups is 1. The third kappa shape index (κ3) is 4.34. The summed E-state index contributed by atoms with van der Waals surface area (Å²) in [4.78, 5) is 0. The molecule has 0 saturated heterocycles. The molecule has 0 aromatic rings. The first kappa shape index (κ1) is 10.9. The van der Waals surface area contributed by atoms with Crippen molar-refractivity contribution in [2.24, 2.45) is 11.1 Å². The standard InChI is InChI=1S/C6H15NO3S/c1-6(3-7,4-8)5-11(2,9)10/h8H,3-5,7H2,1-2H3. The number of aliphatic hydroxyl groups is 1. The fourth-order valence-corrected chi connectivity index (χ4v) is 2.28.